The van der Waals surface area contributed by atoms with Crippen molar-refractivity contribution in [1.29, 1.82) is 0 Å². The van der Waals surface area contributed by atoms with Gasteiger partial charge in [0.1, 0.15) is 17.3 Å². The van der Waals surface area contributed by atoms with E-state index in [0.29, 0.717) is 11.4 Å². The first-order valence-corrected chi connectivity index (χ1v) is 5.79. The number of phenols is 1. The van der Waals surface area contributed by atoms with Crippen LogP contribution in [0.25, 0.3) is 0 Å². The number of rotatable bonds is 3. The van der Waals surface area contributed by atoms with Gasteiger partial charge >= 0.3 is 6.03 Å². The van der Waals surface area contributed by atoms with Crippen molar-refractivity contribution >= 4 is 17.4 Å². The minimum absolute atomic E-state index is 0.0196. The molecule has 6 heteroatoms. The predicted molar refractivity (Wildman–Crippen MR) is 73.7 cm³/mol. The third kappa shape index (κ3) is 3.38. The molecule has 0 aliphatic rings. The van der Waals surface area contributed by atoms with Crippen LogP contribution in [0, 0.1) is 5.82 Å². The third-order valence-electron chi connectivity index (χ3n) is 2.55. The number of hydrogen-bond acceptors (Lipinski definition) is 3. The lowest BCUT2D eigenvalue weighted by atomic mass is 10.3. The molecule has 104 valence electrons. The van der Waals surface area contributed by atoms with Crippen LogP contribution in [0.2, 0.25) is 0 Å². The largest absolute Gasteiger partial charge is 0.508 e. The van der Waals surface area contributed by atoms with Crippen molar-refractivity contribution in [2.45, 2.75) is 0 Å². The Labute approximate surface area is 115 Å². The summed E-state index contributed by atoms with van der Waals surface area (Å²) in [4.78, 5) is 11.7. The van der Waals surface area contributed by atoms with Crippen molar-refractivity contribution in [2.75, 3.05) is 17.7 Å². The summed E-state index contributed by atoms with van der Waals surface area (Å²) in [5, 5.41) is 14.0. The van der Waals surface area contributed by atoms with Gasteiger partial charge in [0.2, 0.25) is 0 Å². The number of benzene rings is 2. The van der Waals surface area contributed by atoms with Gasteiger partial charge in [-0.3, -0.25) is 0 Å². The lowest BCUT2D eigenvalue weighted by Gasteiger charge is -2.09. The van der Waals surface area contributed by atoms with E-state index in [1.54, 1.807) is 31.4 Å². The molecule has 0 spiro atoms. The number of phenolic OH excluding ortho intramolecular Hbond substituents is 1. The standard InChI is InChI=1S/C14H13FN2O3/c1-20-11-5-2-9(3-6-11)16-14(19)17-13-7-4-10(18)8-12(13)15/h2-8,18H,1H3,(H2,16,17,19). The molecule has 2 amide bonds. The highest BCUT2D eigenvalue weighted by Crippen LogP contribution is 2.20. The van der Waals surface area contributed by atoms with Crippen LogP contribution in [0.4, 0.5) is 20.6 Å². The number of nitrogens with one attached hydrogen (secondary N) is 2. The molecule has 2 aromatic rings. The van der Waals surface area contributed by atoms with E-state index >= 15 is 0 Å². The number of carbonyl (C=O) groups excluding carboxylic acids is 1. The Bertz CT molecular complexity index is 614. The average Bonchev–Trinajstić information content (AvgIpc) is 2.43. The molecule has 0 saturated heterocycles. The summed E-state index contributed by atoms with van der Waals surface area (Å²) in [6.45, 7) is 0. The Hall–Kier alpha value is -2.76. The molecule has 2 aromatic carbocycles. The van der Waals surface area contributed by atoms with Crippen LogP contribution in [0.3, 0.4) is 0 Å². The molecule has 0 atom stereocenters. The molecule has 0 aliphatic heterocycles. The number of ether oxygens (including phenoxy) is 1. The van der Waals surface area contributed by atoms with Gasteiger partial charge in [0.05, 0.1) is 12.8 Å². The molecular formula is C14H13FN2O3. The molecule has 0 aromatic heterocycles. The molecule has 0 radical (unpaired) electrons. The van der Waals surface area contributed by atoms with Gasteiger partial charge in [-0.05, 0) is 36.4 Å². The highest BCUT2D eigenvalue weighted by molar-refractivity contribution is 5.99. The molecule has 0 aliphatic carbocycles. The Morgan fingerprint density at radius 3 is 2.45 bits per heavy atom. The fraction of sp³-hybridized carbons (Fsp3) is 0.0714. The number of halogens is 1. The summed E-state index contributed by atoms with van der Waals surface area (Å²) in [5.41, 5.74) is 0.524. The molecule has 20 heavy (non-hydrogen) atoms. The van der Waals surface area contributed by atoms with E-state index in [1.165, 1.54) is 12.1 Å². The van der Waals surface area contributed by atoms with Crippen molar-refractivity contribution < 1.29 is 19.0 Å². The second-order valence-corrected chi connectivity index (χ2v) is 3.97. The first-order valence-electron chi connectivity index (χ1n) is 5.79. The van der Waals surface area contributed by atoms with Gasteiger partial charge in [0.15, 0.2) is 0 Å². The zero-order valence-electron chi connectivity index (χ0n) is 10.7. The number of amides is 2. The van der Waals surface area contributed by atoms with Crippen molar-refractivity contribution in [3.05, 3.63) is 48.3 Å². The first-order chi connectivity index (χ1) is 9.58. The van der Waals surface area contributed by atoms with Crippen molar-refractivity contribution in [1.82, 2.24) is 0 Å². The minimum atomic E-state index is -0.713. The van der Waals surface area contributed by atoms with Crippen molar-refractivity contribution in [3.8, 4) is 11.5 Å². The van der Waals surface area contributed by atoms with E-state index in [-0.39, 0.29) is 11.4 Å². The SMILES string of the molecule is COc1ccc(NC(=O)Nc2ccc(O)cc2F)cc1. The monoisotopic (exact) mass is 276 g/mol. The summed E-state index contributed by atoms with van der Waals surface area (Å²) >= 11 is 0. The quantitative estimate of drug-likeness (QED) is 0.754. The Balaban J connectivity index is 2.01. The zero-order valence-corrected chi connectivity index (χ0v) is 10.7. The molecule has 0 unspecified atom stereocenters. The molecule has 0 heterocycles. The number of urea groups is 1. The fourth-order valence-electron chi connectivity index (χ4n) is 1.56. The van der Waals surface area contributed by atoms with E-state index < -0.39 is 11.8 Å². The van der Waals surface area contributed by atoms with Crippen LogP contribution in [-0.4, -0.2) is 18.2 Å². The van der Waals surface area contributed by atoms with Gasteiger partial charge in [-0.1, -0.05) is 0 Å². The van der Waals surface area contributed by atoms with E-state index in [1.807, 2.05) is 0 Å². The third-order valence-corrected chi connectivity index (χ3v) is 2.55. The molecule has 3 N–H and O–H groups in total. The highest BCUT2D eigenvalue weighted by atomic mass is 19.1. The normalized spacial score (nSPS) is 9.90. The van der Waals surface area contributed by atoms with Gasteiger partial charge in [0.25, 0.3) is 0 Å². The number of hydrogen-bond donors (Lipinski definition) is 3. The summed E-state index contributed by atoms with van der Waals surface area (Å²) in [6, 6.07) is 9.60. The van der Waals surface area contributed by atoms with Crippen LogP contribution in [0.15, 0.2) is 42.5 Å². The summed E-state index contributed by atoms with van der Waals surface area (Å²) < 4.78 is 18.4. The number of anilines is 2. The highest BCUT2D eigenvalue weighted by Gasteiger charge is 2.07. The van der Waals surface area contributed by atoms with Crippen LogP contribution >= 0.6 is 0 Å². The van der Waals surface area contributed by atoms with Gasteiger partial charge in [0, 0.05) is 11.8 Å². The Morgan fingerprint density at radius 2 is 1.85 bits per heavy atom. The lowest BCUT2D eigenvalue weighted by Crippen LogP contribution is -2.20. The second kappa shape index (κ2) is 5.92. The molecule has 2 rings (SSSR count). The smallest absolute Gasteiger partial charge is 0.323 e. The summed E-state index contributed by atoms with van der Waals surface area (Å²) in [5.74, 6) is -0.251. The van der Waals surface area contributed by atoms with Crippen molar-refractivity contribution in [3.63, 3.8) is 0 Å². The summed E-state index contributed by atoms with van der Waals surface area (Å²) in [6.07, 6.45) is 0. The van der Waals surface area contributed by atoms with Gasteiger partial charge < -0.3 is 20.5 Å². The second-order valence-electron chi connectivity index (χ2n) is 3.97. The summed E-state index contributed by atoms with van der Waals surface area (Å²) in [7, 11) is 1.54. The number of aromatic hydroxyl groups is 1. The Kier molecular flexibility index (Phi) is 4.05. The molecule has 0 fully saturated rings. The zero-order chi connectivity index (χ0) is 14.5. The van der Waals surface area contributed by atoms with Gasteiger partial charge in [-0.2, -0.15) is 0 Å². The van der Waals surface area contributed by atoms with Crippen molar-refractivity contribution in [2.24, 2.45) is 0 Å². The van der Waals surface area contributed by atoms with E-state index in [2.05, 4.69) is 10.6 Å². The lowest BCUT2D eigenvalue weighted by molar-refractivity contribution is 0.262. The molecular weight excluding hydrogens is 263 g/mol. The van der Waals surface area contributed by atoms with E-state index in [9.17, 15) is 9.18 Å². The van der Waals surface area contributed by atoms with Crippen LogP contribution in [-0.2, 0) is 0 Å². The maximum absolute atomic E-state index is 13.4. The fourth-order valence-corrected chi connectivity index (χ4v) is 1.56. The predicted octanol–water partition coefficient (Wildman–Crippen LogP) is 3.18. The van der Waals surface area contributed by atoms with Crippen LogP contribution < -0.4 is 15.4 Å². The molecule has 0 bridgehead atoms. The Morgan fingerprint density at radius 1 is 1.15 bits per heavy atom. The maximum Gasteiger partial charge on any atom is 0.323 e. The topological polar surface area (TPSA) is 70.6 Å². The van der Waals surface area contributed by atoms with Gasteiger partial charge in [-0.15, -0.1) is 0 Å². The molecule has 5 nitrogen and oxygen atoms in total. The maximum atomic E-state index is 13.4. The van der Waals surface area contributed by atoms with Crippen LogP contribution in [0.1, 0.15) is 0 Å². The van der Waals surface area contributed by atoms with Gasteiger partial charge in [-0.25, -0.2) is 9.18 Å². The van der Waals surface area contributed by atoms with Crippen LogP contribution in [0.5, 0.6) is 11.5 Å². The molecule has 0 saturated carbocycles. The minimum Gasteiger partial charge on any atom is -0.508 e. The number of carbonyl (C=O) groups is 1. The first kappa shape index (κ1) is 13.7. The average molecular weight is 276 g/mol. The van der Waals surface area contributed by atoms with E-state index in [4.69, 9.17) is 9.84 Å². The number of methoxy groups -OCH3 is 1. The van der Waals surface area contributed by atoms with E-state index in [0.717, 1.165) is 6.07 Å².